The third-order valence-corrected chi connectivity index (χ3v) is 7.10. The van der Waals surface area contributed by atoms with Crippen LogP contribution in [-0.2, 0) is 16.0 Å². The number of carbonyl (C=O) groups excluding carboxylic acids is 3. The molecule has 12 heteroatoms. The number of pyridine rings is 1. The molecule has 3 aromatic rings. The van der Waals surface area contributed by atoms with E-state index in [1.807, 2.05) is 6.07 Å². The number of likely N-dealkylation sites (tertiary alicyclic amines) is 1. The fraction of sp³-hybridized carbons (Fsp3) is 0.364. The van der Waals surface area contributed by atoms with E-state index in [0.717, 1.165) is 18.1 Å². The predicted octanol–water partition coefficient (Wildman–Crippen LogP) is 4.80. The van der Waals surface area contributed by atoms with Gasteiger partial charge < -0.3 is 25.6 Å². The number of nitrogens with one attached hydrogen (secondary N) is 3. The van der Waals surface area contributed by atoms with Crippen LogP contribution in [0.2, 0.25) is 0 Å². The fourth-order valence-corrected chi connectivity index (χ4v) is 5.04. The van der Waals surface area contributed by atoms with Gasteiger partial charge in [0.15, 0.2) is 0 Å². The van der Waals surface area contributed by atoms with Crippen molar-refractivity contribution in [2.45, 2.75) is 51.7 Å². The molecular formula is C33H36F2N6O4. The highest BCUT2D eigenvalue weighted by Crippen LogP contribution is 2.28. The zero-order valence-corrected chi connectivity index (χ0v) is 25.5. The van der Waals surface area contributed by atoms with Crippen LogP contribution in [0, 0.1) is 23.0 Å². The van der Waals surface area contributed by atoms with Gasteiger partial charge in [-0.2, -0.15) is 5.26 Å². The summed E-state index contributed by atoms with van der Waals surface area (Å²) in [6.07, 6.45) is 1.05. The first kappa shape index (κ1) is 32.9. The van der Waals surface area contributed by atoms with Gasteiger partial charge in [-0.25, -0.2) is 18.6 Å². The Morgan fingerprint density at radius 3 is 2.60 bits per heavy atom. The number of benzene rings is 2. The lowest BCUT2D eigenvalue weighted by atomic mass is 10.0. The smallest absolute Gasteiger partial charge is 0.408 e. The maximum atomic E-state index is 15.5. The summed E-state index contributed by atoms with van der Waals surface area (Å²) in [5, 5.41) is 17.9. The minimum absolute atomic E-state index is 0.0626. The second-order valence-corrected chi connectivity index (χ2v) is 11.6. The average Bonchev–Trinajstić information content (AvgIpc) is 3.47. The van der Waals surface area contributed by atoms with Crippen LogP contribution in [0.15, 0.2) is 54.6 Å². The van der Waals surface area contributed by atoms with Crippen LogP contribution in [0.25, 0.3) is 11.3 Å². The molecule has 0 bridgehead atoms. The SMILES string of the molecule is CC(C)(C)OC(=O)NCC(=O)N1CCC[C@@H]1CNC(=O)c1cc(F)c(-c2ccccc2C#N)nc1NCCc1cccc(F)c1. The fourth-order valence-electron chi connectivity index (χ4n) is 5.04. The number of rotatable bonds is 10. The van der Waals surface area contributed by atoms with Crippen molar-refractivity contribution in [1.29, 1.82) is 5.26 Å². The predicted molar refractivity (Wildman–Crippen MR) is 164 cm³/mol. The number of alkyl carbamates (subject to hydrolysis) is 1. The molecular weight excluding hydrogens is 582 g/mol. The summed E-state index contributed by atoms with van der Waals surface area (Å²) in [6, 6.07) is 15.3. The van der Waals surface area contributed by atoms with Crippen LogP contribution in [-0.4, -0.2) is 65.6 Å². The van der Waals surface area contributed by atoms with E-state index in [1.54, 1.807) is 62.1 Å². The highest BCUT2D eigenvalue weighted by molar-refractivity contribution is 5.99. The summed E-state index contributed by atoms with van der Waals surface area (Å²) in [7, 11) is 0. The molecule has 1 aliphatic heterocycles. The maximum absolute atomic E-state index is 15.5. The molecule has 4 rings (SSSR count). The normalized spacial score (nSPS) is 14.4. The van der Waals surface area contributed by atoms with E-state index in [9.17, 15) is 24.0 Å². The Labute approximate surface area is 260 Å². The van der Waals surface area contributed by atoms with Gasteiger partial charge in [0.25, 0.3) is 5.91 Å². The van der Waals surface area contributed by atoms with Gasteiger partial charge in [0.2, 0.25) is 5.91 Å². The lowest BCUT2D eigenvalue weighted by molar-refractivity contribution is -0.131. The van der Waals surface area contributed by atoms with Gasteiger partial charge in [0, 0.05) is 31.2 Å². The monoisotopic (exact) mass is 618 g/mol. The Balaban J connectivity index is 1.49. The zero-order chi connectivity index (χ0) is 32.6. The summed E-state index contributed by atoms with van der Waals surface area (Å²) in [4.78, 5) is 44.2. The van der Waals surface area contributed by atoms with E-state index < -0.39 is 23.4 Å². The van der Waals surface area contributed by atoms with Gasteiger partial charge in [-0.1, -0.05) is 30.3 Å². The second kappa shape index (κ2) is 14.6. The standard InChI is InChI=1S/C33H36F2N6O4/c1-33(2,3)45-32(44)39-20-28(42)41-15-7-11-24(41)19-38-31(43)26-17-27(35)29(25-12-5-4-9-22(25)18-36)40-30(26)37-14-13-21-8-6-10-23(34)16-21/h4-6,8-10,12,16-17,24H,7,11,13-15,19-20H2,1-3H3,(H,37,40)(H,38,43)(H,39,44)/t24-/m1/s1. The molecule has 10 nitrogen and oxygen atoms in total. The topological polar surface area (TPSA) is 136 Å². The highest BCUT2D eigenvalue weighted by atomic mass is 19.1. The number of nitriles is 1. The number of nitrogens with zero attached hydrogens (tertiary/aromatic N) is 3. The van der Waals surface area contributed by atoms with Gasteiger partial charge >= 0.3 is 6.09 Å². The Morgan fingerprint density at radius 2 is 1.87 bits per heavy atom. The number of hydrogen-bond acceptors (Lipinski definition) is 7. The van der Waals surface area contributed by atoms with Crippen molar-refractivity contribution in [2.24, 2.45) is 0 Å². The molecule has 3 N–H and O–H groups in total. The van der Waals surface area contributed by atoms with Crippen molar-refractivity contribution in [1.82, 2.24) is 20.5 Å². The van der Waals surface area contributed by atoms with Crippen molar-refractivity contribution in [3.63, 3.8) is 0 Å². The Kier molecular flexibility index (Phi) is 10.7. The van der Waals surface area contributed by atoms with Crippen molar-refractivity contribution < 1.29 is 27.9 Å². The molecule has 1 atom stereocenters. The number of halogens is 2. The quantitative estimate of drug-likeness (QED) is 0.297. The first-order chi connectivity index (χ1) is 21.4. The third kappa shape index (κ3) is 8.98. The molecule has 1 saturated heterocycles. The molecule has 3 amide bonds. The van der Waals surface area contributed by atoms with Crippen molar-refractivity contribution in [3.05, 3.63) is 82.9 Å². The number of hydrogen-bond donors (Lipinski definition) is 3. The lowest BCUT2D eigenvalue weighted by Gasteiger charge is -2.26. The first-order valence-corrected chi connectivity index (χ1v) is 14.7. The number of anilines is 1. The van der Waals surface area contributed by atoms with E-state index in [2.05, 4.69) is 20.9 Å². The van der Waals surface area contributed by atoms with E-state index in [4.69, 9.17) is 4.74 Å². The van der Waals surface area contributed by atoms with Gasteiger partial charge in [-0.05, 0) is 69.9 Å². The first-order valence-electron chi connectivity index (χ1n) is 14.7. The van der Waals surface area contributed by atoms with E-state index in [0.29, 0.717) is 19.4 Å². The Morgan fingerprint density at radius 1 is 1.09 bits per heavy atom. The summed E-state index contributed by atoms with van der Waals surface area (Å²) < 4.78 is 34.3. The molecule has 1 aromatic heterocycles. The summed E-state index contributed by atoms with van der Waals surface area (Å²) in [5.74, 6) is -1.99. The zero-order valence-electron chi connectivity index (χ0n) is 25.5. The van der Waals surface area contributed by atoms with Crippen LogP contribution >= 0.6 is 0 Å². The summed E-state index contributed by atoms with van der Waals surface area (Å²) in [6.45, 7) is 5.74. The van der Waals surface area contributed by atoms with Gasteiger partial charge in [0.05, 0.1) is 17.2 Å². The van der Waals surface area contributed by atoms with E-state index in [1.165, 1.54) is 12.1 Å². The van der Waals surface area contributed by atoms with E-state index in [-0.39, 0.29) is 65.6 Å². The van der Waals surface area contributed by atoms with Crippen molar-refractivity contribution in [2.75, 3.05) is 31.5 Å². The largest absolute Gasteiger partial charge is 0.444 e. The number of carbonyl (C=O) groups is 3. The van der Waals surface area contributed by atoms with Crippen LogP contribution < -0.4 is 16.0 Å². The van der Waals surface area contributed by atoms with E-state index >= 15 is 4.39 Å². The van der Waals surface area contributed by atoms with Crippen LogP contribution in [0.4, 0.5) is 19.4 Å². The minimum Gasteiger partial charge on any atom is -0.444 e. The molecule has 0 saturated carbocycles. The molecule has 2 heterocycles. The Bertz CT molecular complexity index is 1600. The third-order valence-electron chi connectivity index (χ3n) is 7.10. The van der Waals surface area contributed by atoms with Crippen molar-refractivity contribution in [3.8, 4) is 17.3 Å². The minimum atomic E-state index is -0.788. The number of ether oxygens (including phenoxy) is 1. The van der Waals surface area contributed by atoms with Gasteiger partial charge in [-0.15, -0.1) is 0 Å². The number of amides is 3. The molecule has 1 fully saturated rings. The lowest BCUT2D eigenvalue weighted by Crippen LogP contribution is -2.47. The highest BCUT2D eigenvalue weighted by Gasteiger charge is 2.30. The molecule has 45 heavy (non-hydrogen) atoms. The molecule has 0 unspecified atom stereocenters. The van der Waals surface area contributed by atoms with Crippen molar-refractivity contribution >= 4 is 23.7 Å². The van der Waals surface area contributed by atoms with Crippen LogP contribution in [0.3, 0.4) is 0 Å². The maximum Gasteiger partial charge on any atom is 0.408 e. The molecule has 236 valence electrons. The van der Waals surface area contributed by atoms with Crippen LogP contribution in [0.5, 0.6) is 0 Å². The average molecular weight is 619 g/mol. The number of aromatic nitrogens is 1. The molecule has 0 aliphatic carbocycles. The molecule has 2 aromatic carbocycles. The summed E-state index contributed by atoms with van der Waals surface area (Å²) >= 11 is 0. The van der Waals surface area contributed by atoms with Crippen LogP contribution in [0.1, 0.15) is 55.1 Å². The Hall–Kier alpha value is -5.05. The molecule has 1 aliphatic rings. The van der Waals surface area contributed by atoms with Gasteiger partial charge in [-0.3, -0.25) is 9.59 Å². The molecule has 0 spiro atoms. The molecule has 0 radical (unpaired) electrons. The second-order valence-electron chi connectivity index (χ2n) is 11.6. The summed E-state index contributed by atoms with van der Waals surface area (Å²) in [5.41, 5.74) is 0.357. The van der Waals surface area contributed by atoms with Gasteiger partial charge in [0.1, 0.15) is 35.3 Å².